The van der Waals surface area contributed by atoms with Crippen LogP contribution in [-0.2, 0) is 32.6 Å². The molecule has 0 fully saturated rings. The van der Waals surface area contributed by atoms with Gasteiger partial charge in [-0.3, -0.25) is 13.9 Å². The quantitative estimate of drug-likeness (QED) is 0.166. The summed E-state index contributed by atoms with van der Waals surface area (Å²) < 4.78 is 29.3. The Hall–Kier alpha value is -3.85. The average Bonchev–Trinajstić information content (AvgIpc) is 3.04. The van der Waals surface area contributed by atoms with Gasteiger partial charge in [0.2, 0.25) is 11.8 Å². The lowest BCUT2D eigenvalue weighted by Crippen LogP contribution is -2.54. The van der Waals surface area contributed by atoms with Crippen LogP contribution >= 0.6 is 23.2 Å². The molecule has 2 atom stereocenters. The van der Waals surface area contributed by atoms with Crippen LogP contribution in [0.5, 0.6) is 0 Å². The molecule has 4 rings (SSSR count). The Labute approximate surface area is 275 Å². The van der Waals surface area contributed by atoms with Crippen LogP contribution in [0.15, 0.2) is 108 Å². The van der Waals surface area contributed by atoms with Crippen molar-refractivity contribution in [2.24, 2.45) is 0 Å². The van der Waals surface area contributed by atoms with Gasteiger partial charge in [0.1, 0.15) is 12.6 Å². The standard InChI is InChI=1S/C35H37Cl2N3O4S/c1-4-26(3)38-35(42)32(22-27-12-7-5-8-13-27)39(23-28-14-9-6-10-15-28)33(41)24-40(31-17-11-16-30(36)34(31)37)45(43,44)29-20-18-25(2)19-21-29/h5-21,26,32H,4,22-24H2,1-3H3,(H,38,42)/t26-,32+/m0/s1. The zero-order valence-corrected chi connectivity index (χ0v) is 27.8. The SMILES string of the molecule is CC[C@H](C)NC(=O)[C@@H](Cc1ccccc1)N(Cc1ccccc1)C(=O)CN(c1cccc(Cl)c1Cl)S(=O)(=O)c1ccc(C)cc1. The van der Waals surface area contributed by atoms with Crippen molar-refractivity contribution in [2.45, 2.75) is 57.1 Å². The molecule has 45 heavy (non-hydrogen) atoms. The number of hydrogen-bond donors (Lipinski definition) is 1. The molecule has 0 saturated heterocycles. The van der Waals surface area contributed by atoms with Crippen molar-refractivity contribution >= 4 is 50.7 Å². The van der Waals surface area contributed by atoms with E-state index in [-0.39, 0.29) is 45.5 Å². The highest BCUT2D eigenvalue weighted by molar-refractivity contribution is 7.92. The Morgan fingerprint density at radius 1 is 0.822 bits per heavy atom. The van der Waals surface area contributed by atoms with Gasteiger partial charge in [0, 0.05) is 19.0 Å². The fourth-order valence-electron chi connectivity index (χ4n) is 4.81. The smallest absolute Gasteiger partial charge is 0.264 e. The third-order valence-electron chi connectivity index (χ3n) is 7.56. The van der Waals surface area contributed by atoms with E-state index >= 15 is 0 Å². The maximum absolute atomic E-state index is 14.5. The molecule has 10 heteroatoms. The summed E-state index contributed by atoms with van der Waals surface area (Å²) in [5, 5.41) is 3.16. The first-order chi connectivity index (χ1) is 21.5. The van der Waals surface area contributed by atoms with Crippen LogP contribution in [0.2, 0.25) is 10.0 Å². The minimum atomic E-state index is -4.30. The highest BCUT2D eigenvalue weighted by Crippen LogP contribution is 2.35. The number of carbonyl (C=O) groups is 2. The summed E-state index contributed by atoms with van der Waals surface area (Å²) in [5.41, 5.74) is 2.58. The van der Waals surface area contributed by atoms with Crippen molar-refractivity contribution in [3.8, 4) is 0 Å². The van der Waals surface area contributed by atoms with Gasteiger partial charge in [-0.1, -0.05) is 115 Å². The van der Waals surface area contributed by atoms with Crippen molar-refractivity contribution in [3.05, 3.63) is 130 Å². The van der Waals surface area contributed by atoms with Crippen molar-refractivity contribution in [1.29, 1.82) is 0 Å². The van der Waals surface area contributed by atoms with E-state index in [1.807, 2.05) is 81.4 Å². The summed E-state index contributed by atoms with van der Waals surface area (Å²) >= 11 is 12.9. The van der Waals surface area contributed by atoms with Gasteiger partial charge in [-0.15, -0.1) is 0 Å². The van der Waals surface area contributed by atoms with E-state index < -0.39 is 28.5 Å². The maximum atomic E-state index is 14.5. The molecule has 0 aliphatic carbocycles. The van der Waals surface area contributed by atoms with E-state index in [1.54, 1.807) is 24.3 Å². The molecule has 0 saturated carbocycles. The first-order valence-electron chi connectivity index (χ1n) is 14.7. The molecule has 0 aliphatic heterocycles. The third kappa shape index (κ3) is 8.66. The Kier molecular flexibility index (Phi) is 11.7. The van der Waals surface area contributed by atoms with E-state index in [1.165, 1.54) is 23.1 Å². The summed E-state index contributed by atoms with van der Waals surface area (Å²) in [7, 11) is -4.30. The summed E-state index contributed by atoms with van der Waals surface area (Å²) in [5.74, 6) is -0.906. The lowest BCUT2D eigenvalue weighted by molar-refractivity contribution is -0.140. The van der Waals surface area contributed by atoms with Gasteiger partial charge in [0.15, 0.2) is 0 Å². The number of nitrogens with zero attached hydrogens (tertiary/aromatic N) is 2. The number of sulfonamides is 1. The average molecular weight is 667 g/mol. The Morgan fingerprint density at radius 3 is 2.02 bits per heavy atom. The Bertz CT molecular complexity index is 1700. The molecule has 0 aliphatic rings. The van der Waals surface area contributed by atoms with Crippen LogP contribution in [0.25, 0.3) is 0 Å². The molecular formula is C35H37Cl2N3O4S. The van der Waals surface area contributed by atoms with Gasteiger partial charge in [0.05, 0.1) is 20.6 Å². The number of benzene rings is 4. The lowest BCUT2D eigenvalue weighted by atomic mass is 10.0. The summed E-state index contributed by atoms with van der Waals surface area (Å²) in [6.07, 6.45) is 0.927. The van der Waals surface area contributed by atoms with E-state index in [0.29, 0.717) is 6.42 Å². The van der Waals surface area contributed by atoms with Gasteiger partial charge >= 0.3 is 0 Å². The topological polar surface area (TPSA) is 86.8 Å². The van der Waals surface area contributed by atoms with Crippen LogP contribution in [0.1, 0.15) is 37.0 Å². The lowest BCUT2D eigenvalue weighted by Gasteiger charge is -2.34. The van der Waals surface area contributed by atoms with Crippen molar-refractivity contribution < 1.29 is 18.0 Å². The van der Waals surface area contributed by atoms with Crippen molar-refractivity contribution in [2.75, 3.05) is 10.8 Å². The minimum Gasteiger partial charge on any atom is -0.352 e. The molecule has 0 unspecified atom stereocenters. The molecule has 4 aromatic rings. The molecular weight excluding hydrogens is 629 g/mol. The predicted octanol–water partition coefficient (Wildman–Crippen LogP) is 7.05. The maximum Gasteiger partial charge on any atom is 0.264 e. The van der Waals surface area contributed by atoms with Gasteiger partial charge in [-0.25, -0.2) is 8.42 Å². The monoisotopic (exact) mass is 665 g/mol. The predicted molar refractivity (Wildman–Crippen MR) is 181 cm³/mol. The molecule has 0 aromatic heterocycles. The van der Waals surface area contributed by atoms with Crippen LogP contribution in [0.4, 0.5) is 5.69 Å². The second-order valence-electron chi connectivity index (χ2n) is 10.9. The zero-order chi connectivity index (χ0) is 32.6. The molecule has 236 valence electrons. The first kappa shape index (κ1) is 34.0. The fraction of sp³-hybridized carbons (Fsp3) is 0.257. The number of carbonyl (C=O) groups excluding carboxylic acids is 2. The molecule has 0 heterocycles. The van der Waals surface area contributed by atoms with Crippen LogP contribution in [0.3, 0.4) is 0 Å². The number of hydrogen-bond acceptors (Lipinski definition) is 4. The normalized spacial score (nSPS) is 12.6. The number of aryl methyl sites for hydroxylation is 1. The van der Waals surface area contributed by atoms with E-state index in [0.717, 1.165) is 21.0 Å². The zero-order valence-electron chi connectivity index (χ0n) is 25.5. The van der Waals surface area contributed by atoms with Gasteiger partial charge < -0.3 is 10.2 Å². The molecule has 0 radical (unpaired) electrons. The van der Waals surface area contributed by atoms with E-state index in [2.05, 4.69) is 5.32 Å². The molecule has 0 bridgehead atoms. The van der Waals surface area contributed by atoms with Crippen LogP contribution in [-0.4, -0.2) is 43.8 Å². The number of rotatable bonds is 13. The van der Waals surface area contributed by atoms with Gasteiger partial charge in [-0.2, -0.15) is 0 Å². The van der Waals surface area contributed by atoms with Crippen molar-refractivity contribution in [1.82, 2.24) is 10.2 Å². The fourth-order valence-corrected chi connectivity index (χ4v) is 6.68. The van der Waals surface area contributed by atoms with Crippen LogP contribution in [0, 0.1) is 6.92 Å². The molecule has 1 N–H and O–H groups in total. The molecule has 0 spiro atoms. The highest BCUT2D eigenvalue weighted by Gasteiger charge is 2.35. The number of anilines is 1. The second-order valence-corrected chi connectivity index (χ2v) is 13.6. The third-order valence-corrected chi connectivity index (χ3v) is 10.1. The summed E-state index contributed by atoms with van der Waals surface area (Å²) in [4.78, 5) is 29.8. The molecule has 4 aromatic carbocycles. The Balaban J connectivity index is 1.82. The summed E-state index contributed by atoms with van der Waals surface area (Å²) in [6, 6.07) is 28.6. The summed E-state index contributed by atoms with van der Waals surface area (Å²) in [6.45, 7) is 5.17. The number of amides is 2. The molecule has 2 amide bonds. The second kappa shape index (κ2) is 15.4. The molecule has 7 nitrogen and oxygen atoms in total. The number of halogens is 2. The first-order valence-corrected chi connectivity index (χ1v) is 16.9. The van der Waals surface area contributed by atoms with E-state index in [4.69, 9.17) is 23.2 Å². The van der Waals surface area contributed by atoms with Crippen LogP contribution < -0.4 is 9.62 Å². The minimum absolute atomic E-state index is 0.00684. The van der Waals surface area contributed by atoms with Crippen molar-refractivity contribution in [3.63, 3.8) is 0 Å². The largest absolute Gasteiger partial charge is 0.352 e. The van der Waals surface area contributed by atoms with Gasteiger partial charge in [0.25, 0.3) is 10.0 Å². The Morgan fingerprint density at radius 2 is 1.42 bits per heavy atom. The van der Waals surface area contributed by atoms with E-state index in [9.17, 15) is 18.0 Å². The van der Waals surface area contributed by atoms with Gasteiger partial charge in [-0.05, 0) is 55.7 Å². The highest BCUT2D eigenvalue weighted by atomic mass is 35.5. The number of nitrogens with one attached hydrogen (secondary N) is 1.